The zero-order valence-electron chi connectivity index (χ0n) is 16.2. The van der Waals surface area contributed by atoms with E-state index in [-0.39, 0.29) is 11.9 Å². The normalized spacial score (nSPS) is 12.1. The molecule has 3 nitrogen and oxygen atoms in total. The minimum Gasteiger partial charge on any atom is -0.496 e. The van der Waals surface area contributed by atoms with Crippen LogP contribution in [0.25, 0.3) is 0 Å². The van der Waals surface area contributed by atoms with Crippen molar-refractivity contribution < 1.29 is 9.53 Å². The van der Waals surface area contributed by atoms with E-state index in [9.17, 15) is 4.79 Å². The summed E-state index contributed by atoms with van der Waals surface area (Å²) >= 11 is 5.89. The van der Waals surface area contributed by atoms with Crippen LogP contribution in [0.15, 0.2) is 36.4 Å². The highest BCUT2D eigenvalue weighted by atomic mass is 35.5. The number of carbonyl (C=O) groups excluding carboxylic acids is 1. The number of hydrogen-bond donors (Lipinski definition) is 1. The first-order chi connectivity index (χ1) is 12.3. The maximum atomic E-state index is 12.4. The zero-order chi connectivity index (χ0) is 19.3. The average Bonchev–Trinajstić information content (AvgIpc) is 2.60. The van der Waals surface area contributed by atoms with Crippen LogP contribution in [0.3, 0.4) is 0 Å². The Morgan fingerprint density at radius 1 is 1.12 bits per heavy atom. The first-order valence-electron chi connectivity index (χ1n) is 9.04. The van der Waals surface area contributed by atoms with Gasteiger partial charge in [-0.3, -0.25) is 4.79 Å². The molecule has 1 N–H and O–H groups in total. The van der Waals surface area contributed by atoms with Crippen LogP contribution in [0.2, 0.25) is 5.02 Å². The summed E-state index contributed by atoms with van der Waals surface area (Å²) in [6, 6.07) is 11.8. The molecule has 0 aromatic heterocycles. The number of benzene rings is 2. The molecule has 26 heavy (non-hydrogen) atoms. The van der Waals surface area contributed by atoms with Crippen LogP contribution in [-0.2, 0) is 11.2 Å². The lowest BCUT2D eigenvalue weighted by Gasteiger charge is -2.21. The van der Waals surface area contributed by atoms with Crippen molar-refractivity contribution in [2.45, 2.75) is 52.5 Å². The number of carbonyl (C=O) groups is 1. The van der Waals surface area contributed by atoms with Crippen molar-refractivity contribution in [1.29, 1.82) is 0 Å². The van der Waals surface area contributed by atoms with Crippen LogP contribution in [0.1, 0.15) is 61.4 Å². The number of nitrogens with one attached hydrogen (secondary N) is 1. The molecule has 0 bridgehead atoms. The third-order valence-corrected chi connectivity index (χ3v) is 4.89. The third-order valence-electron chi connectivity index (χ3n) is 4.64. The van der Waals surface area contributed by atoms with Crippen LogP contribution in [-0.4, -0.2) is 13.0 Å². The zero-order valence-corrected chi connectivity index (χ0v) is 17.0. The Morgan fingerprint density at radius 3 is 2.35 bits per heavy atom. The van der Waals surface area contributed by atoms with Crippen LogP contribution in [0.5, 0.6) is 5.75 Å². The van der Waals surface area contributed by atoms with Gasteiger partial charge in [0.1, 0.15) is 5.75 Å². The molecule has 0 aliphatic rings. The second kappa shape index (κ2) is 9.09. The van der Waals surface area contributed by atoms with Crippen LogP contribution < -0.4 is 10.1 Å². The van der Waals surface area contributed by atoms with Gasteiger partial charge >= 0.3 is 0 Å². The molecule has 0 aliphatic carbocycles. The SMILES string of the molecule is COc1cc(C)c([C@H](C)NC(=O)CCc2ccc(Cl)cc2)cc1C(C)C. The molecule has 0 fully saturated rings. The van der Waals surface area contributed by atoms with Crippen LogP contribution >= 0.6 is 11.6 Å². The third kappa shape index (κ3) is 5.25. The molecular weight excluding hydrogens is 346 g/mol. The molecule has 0 radical (unpaired) electrons. The summed E-state index contributed by atoms with van der Waals surface area (Å²) < 4.78 is 5.50. The van der Waals surface area contributed by atoms with Gasteiger partial charge in [0.25, 0.3) is 0 Å². The number of rotatable bonds is 7. The van der Waals surface area contributed by atoms with Crippen molar-refractivity contribution in [2.24, 2.45) is 0 Å². The molecule has 0 unspecified atom stereocenters. The molecule has 2 rings (SSSR count). The molecule has 0 aliphatic heterocycles. The molecule has 0 saturated heterocycles. The van der Waals surface area contributed by atoms with E-state index in [2.05, 4.69) is 38.2 Å². The lowest BCUT2D eigenvalue weighted by molar-refractivity contribution is -0.121. The number of amides is 1. The fraction of sp³-hybridized carbons (Fsp3) is 0.409. The Bertz CT molecular complexity index is 753. The molecule has 4 heteroatoms. The minimum atomic E-state index is -0.0453. The van der Waals surface area contributed by atoms with Gasteiger partial charge in [0, 0.05) is 11.4 Å². The Morgan fingerprint density at radius 2 is 1.77 bits per heavy atom. The standard InChI is InChI=1S/C22H28ClNO2/c1-14(2)19-13-20(15(3)12-21(19)26-5)16(4)24-22(25)11-8-17-6-9-18(23)10-7-17/h6-7,9-10,12-14,16H,8,11H2,1-5H3,(H,24,25)/t16-/m0/s1. The van der Waals surface area contributed by atoms with Gasteiger partial charge in [-0.15, -0.1) is 0 Å². The van der Waals surface area contributed by atoms with Gasteiger partial charge in [-0.2, -0.15) is 0 Å². The predicted octanol–water partition coefficient (Wildman–Crippen LogP) is 5.59. The smallest absolute Gasteiger partial charge is 0.220 e. The molecule has 2 aromatic carbocycles. The summed E-state index contributed by atoms with van der Waals surface area (Å²) in [7, 11) is 1.70. The molecule has 140 valence electrons. The van der Waals surface area contributed by atoms with E-state index in [1.807, 2.05) is 31.2 Å². The summed E-state index contributed by atoms with van der Waals surface area (Å²) in [6.45, 7) is 8.37. The molecular formula is C22H28ClNO2. The Hall–Kier alpha value is -2.00. The lowest BCUT2D eigenvalue weighted by atomic mass is 9.93. The Labute approximate surface area is 161 Å². The van der Waals surface area contributed by atoms with E-state index >= 15 is 0 Å². The highest BCUT2D eigenvalue weighted by molar-refractivity contribution is 6.30. The average molecular weight is 374 g/mol. The molecule has 1 atom stereocenters. The van der Waals surface area contributed by atoms with Gasteiger partial charge in [0.2, 0.25) is 5.91 Å². The van der Waals surface area contributed by atoms with Crippen molar-refractivity contribution in [2.75, 3.05) is 7.11 Å². The lowest BCUT2D eigenvalue weighted by Crippen LogP contribution is -2.27. The van der Waals surface area contributed by atoms with E-state index < -0.39 is 0 Å². The molecule has 1 amide bonds. The number of ether oxygens (including phenoxy) is 1. The van der Waals surface area contributed by atoms with Crippen molar-refractivity contribution in [3.63, 3.8) is 0 Å². The molecule has 0 spiro atoms. The molecule has 0 saturated carbocycles. The summed E-state index contributed by atoms with van der Waals surface area (Å²) in [5.41, 5.74) is 4.53. The fourth-order valence-corrected chi connectivity index (χ4v) is 3.24. The van der Waals surface area contributed by atoms with Gasteiger partial charge < -0.3 is 10.1 Å². The van der Waals surface area contributed by atoms with E-state index in [0.717, 1.165) is 28.0 Å². The van der Waals surface area contributed by atoms with Crippen molar-refractivity contribution in [1.82, 2.24) is 5.32 Å². The predicted molar refractivity (Wildman–Crippen MR) is 108 cm³/mol. The van der Waals surface area contributed by atoms with E-state index in [1.165, 1.54) is 0 Å². The van der Waals surface area contributed by atoms with E-state index in [1.54, 1.807) is 7.11 Å². The number of hydrogen-bond acceptors (Lipinski definition) is 2. The molecule has 2 aromatic rings. The van der Waals surface area contributed by atoms with Crippen molar-refractivity contribution >= 4 is 17.5 Å². The highest BCUT2D eigenvalue weighted by Crippen LogP contribution is 2.32. The number of halogens is 1. The minimum absolute atomic E-state index is 0.0453. The van der Waals surface area contributed by atoms with E-state index in [0.29, 0.717) is 23.8 Å². The summed E-state index contributed by atoms with van der Waals surface area (Å²) in [5, 5.41) is 3.83. The highest BCUT2D eigenvalue weighted by Gasteiger charge is 2.16. The Balaban J connectivity index is 2.04. The van der Waals surface area contributed by atoms with Gasteiger partial charge in [-0.05, 0) is 72.7 Å². The summed E-state index contributed by atoms with van der Waals surface area (Å²) in [5.74, 6) is 1.31. The quantitative estimate of drug-likeness (QED) is 0.686. The van der Waals surface area contributed by atoms with Gasteiger partial charge in [0.05, 0.1) is 13.2 Å². The monoisotopic (exact) mass is 373 g/mol. The topological polar surface area (TPSA) is 38.3 Å². The fourth-order valence-electron chi connectivity index (χ4n) is 3.11. The van der Waals surface area contributed by atoms with Crippen molar-refractivity contribution in [3.8, 4) is 5.75 Å². The molecule has 0 heterocycles. The number of methoxy groups -OCH3 is 1. The van der Waals surface area contributed by atoms with Gasteiger partial charge in [0.15, 0.2) is 0 Å². The first kappa shape index (κ1) is 20.3. The maximum Gasteiger partial charge on any atom is 0.220 e. The number of aryl methyl sites for hydroxylation is 2. The van der Waals surface area contributed by atoms with Gasteiger partial charge in [-0.25, -0.2) is 0 Å². The second-order valence-corrected chi connectivity index (χ2v) is 7.46. The maximum absolute atomic E-state index is 12.4. The van der Waals surface area contributed by atoms with Crippen molar-refractivity contribution in [3.05, 3.63) is 63.7 Å². The van der Waals surface area contributed by atoms with Gasteiger partial charge in [-0.1, -0.05) is 37.6 Å². The van der Waals surface area contributed by atoms with Crippen LogP contribution in [0.4, 0.5) is 0 Å². The first-order valence-corrected chi connectivity index (χ1v) is 9.41. The largest absolute Gasteiger partial charge is 0.496 e. The second-order valence-electron chi connectivity index (χ2n) is 7.02. The summed E-state index contributed by atoms with van der Waals surface area (Å²) in [4.78, 5) is 12.4. The van der Waals surface area contributed by atoms with E-state index in [4.69, 9.17) is 16.3 Å². The summed E-state index contributed by atoms with van der Waals surface area (Å²) in [6.07, 6.45) is 1.16. The van der Waals surface area contributed by atoms with Crippen LogP contribution in [0, 0.1) is 6.92 Å². The Kier molecular flexibility index (Phi) is 7.10.